The molecule has 0 saturated carbocycles. The van der Waals surface area contributed by atoms with Crippen molar-refractivity contribution in [2.45, 2.75) is 56.5 Å². The van der Waals surface area contributed by atoms with E-state index in [0.29, 0.717) is 0 Å². The number of nitrogens with one attached hydrogen (secondary N) is 3. The Morgan fingerprint density at radius 3 is 1.86 bits per heavy atom. The van der Waals surface area contributed by atoms with Gasteiger partial charge in [-0.1, -0.05) is 30.3 Å². The molecule has 0 aliphatic rings. The average Bonchev–Trinajstić information content (AvgIpc) is 2.75. The number of nitrogens with two attached hydrogens (primary N) is 2. The molecule has 1 rings (SSSR count). The maximum absolute atomic E-state index is 12.7. The van der Waals surface area contributed by atoms with Crippen LogP contribution in [0.4, 0.5) is 0 Å². The molecule has 1 aromatic rings. The van der Waals surface area contributed by atoms with Crippen LogP contribution in [0, 0.1) is 0 Å². The summed E-state index contributed by atoms with van der Waals surface area (Å²) in [7, 11) is 0. The van der Waals surface area contributed by atoms with Crippen LogP contribution in [0.3, 0.4) is 0 Å². The van der Waals surface area contributed by atoms with Crippen molar-refractivity contribution in [1.29, 1.82) is 0 Å². The summed E-state index contributed by atoms with van der Waals surface area (Å²) in [5, 5.41) is 34.0. The number of carbonyl (C=O) groups is 6. The maximum atomic E-state index is 12.7. The molecule has 0 spiro atoms. The standard InChI is InChI=1S/C21H29N5O9/c1-10(27)17(21(34)35)26-20(33)13(8-15(23)28)25-19(32)14(9-16(29)30)24-18(31)12(22)7-11-5-3-2-4-6-11/h2-6,10,12-14,17,27H,7-9,22H2,1H3,(H2,23,28)(H,24,31)(H,25,32)(H,26,33)(H,29,30)(H,34,35). The molecule has 5 unspecified atom stereocenters. The van der Waals surface area contributed by atoms with Gasteiger partial charge < -0.3 is 42.7 Å². The minimum absolute atomic E-state index is 0.0940. The Balaban J connectivity index is 2.98. The van der Waals surface area contributed by atoms with Crippen molar-refractivity contribution in [1.82, 2.24) is 16.0 Å². The number of aliphatic hydroxyl groups is 1. The molecule has 10 N–H and O–H groups in total. The van der Waals surface area contributed by atoms with Gasteiger partial charge in [-0.3, -0.25) is 24.0 Å². The topological polar surface area (TPSA) is 251 Å². The average molecular weight is 495 g/mol. The van der Waals surface area contributed by atoms with Crippen LogP contribution in [0.15, 0.2) is 30.3 Å². The van der Waals surface area contributed by atoms with Crippen LogP contribution >= 0.6 is 0 Å². The summed E-state index contributed by atoms with van der Waals surface area (Å²) in [6.07, 6.45) is -3.08. The van der Waals surface area contributed by atoms with E-state index >= 15 is 0 Å². The van der Waals surface area contributed by atoms with Crippen molar-refractivity contribution in [3.05, 3.63) is 35.9 Å². The molecule has 1 aromatic carbocycles. The van der Waals surface area contributed by atoms with Crippen LogP contribution in [0.5, 0.6) is 0 Å². The lowest BCUT2D eigenvalue weighted by atomic mass is 10.0. The fourth-order valence-electron chi connectivity index (χ4n) is 2.95. The van der Waals surface area contributed by atoms with E-state index in [9.17, 15) is 33.9 Å². The number of hydrogen-bond acceptors (Lipinski definition) is 8. The van der Waals surface area contributed by atoms with Gasteiger partial charge in [-0.2, -0.15) is 0 Å². The first-order valence-corrected chi connectivity index (χ1v) is 10.4. The Morgan fingerprint density at radius 2 is 1.37 bits per heavy atom. The predicted octanol–water partition coefficient (Wildman–Crippen LogP) is -3.17. The Labute approximate surface area is 200 Å². The molecule has 192 valence electrons. The van der Waals surface area contributed by atoms with E-state index in [1.165, 1.54) is 0 Å². The normalized spacial score (nSPS) is 14.9. The third-order valence-electron chi connectivity index (χ3n) is 4.73. The molecule has 35 heavy (non-hydrogen) atoms. The third kappa shape index (κ3) is 10.2. The molecule has 0 saturated heterocycles. The third-order valence-corrected chi connectivity index (χ3v) is 4.73. The van der Waals surface area contributed by atoms with E-state index in [0.717, 1.165) is 12.5 Å². The second-order valence-electron chi connectivity index (χ2n) is 7.75. The molecule has 4 amide bonds. The van der Waals surface area contributed by atoms with E-state index in [1.54, 1.807) is 30.3 Å². The minimum atomic E-state index is -1.76. The number of benzene rings is 1. The zero-order chi connectivity index (χ0) is 26.7. The molecule has 0 aliphatic carbocycles. The highest BCUT2D eigenvalue weighted by Gasteiger charge is 2.33. The lowest BCUT2D eigenvalue weighted by Crippen LogP contribution is -2.59. The number of rotatable bonds is 14. The fourth-order valence-corrected chi connectivity index (χ4v) is 2.95. The lowest BCUT2D eigenvalue weighted by molar-refractivity contribution is -0.145. The van der Waals surface area contributed by atoms with Gasteiger partial charge in [0.25, 0.3) is 0 Å². The van der Waals surface area contributed by atoms with Crippen LogP contribution in [0.1, 0.15) is 25.3 Å². The van der Waals surface area contributed by atoms with Crippen molar-refractivity contribution < 1.29 is 44.1 Å². The van der Waals surface area contributed by atoms with Gasteiger partial charge in [-0.05, 0) is 18.9 Å². The van der Waals surface area contributed by atoms with E-state index in [-0.39, 0.29) is 6.42 Å². The van der Waals surface area contributed by atoms with Gasteiger partial charge in [0.15, 0.2) is 6.04 Å². The highest BCUT2D eigenvalue weighted by molar-refractivity contribution is 5.97. The number of aliphatic hydroxyl groups excluding tert-OH is 1. The van der Waals surface area contributed by atoms with Gasteiger partial charge in [0.05, 0.1) is 25.0 Å². The van der Waals surface area contributed by atoms with Crippen LogP contribution in [-0.2, 0) is 35.2 Å². The Bertz CT molecular complexity index is 938. The van der Waals surface area contributed by atoms with Gasteiger partial charge in [-0.25, -0.2) is 4.79 Å². The summed E-state index contributed by atoms with van der Waals surface area (Å²) in [6, 6.07) is 2.38. The monoisotopic (exact) mass is 495 g/mol. The van der Waals surface area contributed by atoms with Crippen molar-refractivity contribution in [2.75, 3.05) is 0 Å². The van der Waals surface area contributed by atoms with E-state index in [4.69, 9.17) is 21.7 Å². The number of carbonyl (C=O) groups excluding carboxylic acids is 4. The summed E-state index contributed by atoms with van der Waals surface area (Å²) in [5.41, 5.74) is 11.7. The number of hydrogen-bond donors (Lipinski definition) is 8. The molecule has 0 heterocycles. The number of carboxylic acid groups (broad SMARTS) is 2. The summed E-state index contributed by atoms with van der Waals surface area (Å²) in [6.45, 7) is 1.10. The molecule has 14 heteroatoms. The molecule has 0 aliphatic heterocycles. The van der Waals surface area contributed by atoms with Gasteiger partial charge in [0, 0.05) is 0 Å². The maximum Gasteiger partial charge on any atom is 0.328 e. The zero-order valence-electron chi connectivity index (χ0n) is 18.8. The minimum Gasteiger partial charge on any atom is -0.481 e. The second-order valence-corrected chi connectivity index (χ2v) is 7.75. The largest absolute Gasteiger partial charge is 0.481 e. The van der Waals surface area contributed by atoms with Crippen molar-refractivity contribution in [3.63, 3.8) is 0 Å². The van der Waals surface area contributed by atoms with Crippen LogP contribution in [-0.4, -0.2) is 81.2 Å². The van der Waals surface area contributed by atoms with Gasteiger partial charge >= 0.3 is 11.9 Å². The Kier molecular flexibility index (Phi) is 11.3. The predicted molar refractivity (Wildman–Crippen MR) is 119 cm³/mol. The molecule has 0 bridgehead atoms. The first-order chi connectivity index (χ1) is 16.3. The van der Waals surface area contributed by atoms with E-state index in [1.807, 2.05) is 5.32 Å². The van der Waals surface area contributed by atoms with Crippen molar-refractivity contribution >= 4 is 35.6 Å². The Morgan fingerprint density at radius 1 is 0.857 bits per heavy atom. The first-order valence-electron chi connectivity index (χ1n) is 10.4. The summed E-state index contributed by atoms with van der Waals surface area (Å²) < 4.78 is 0. The number of carboxylic acids is 2. The molecule has 14 nitrogen and oxygen atoms in total. The summed E-state index contributed by atoms with van der Waals surface area (Å²) in [4.78, 5) is 71.5. The van der Waals surface area contributed by atoms with E-state index < -0.39 is 78.7 Å². The quantitative estimate of drug-likeness (QED) is 0.128. The number of primary amides is 1. The SMILES string of the molecule is CC(O)C(NC(=O)C(CC(N)=O)NC(=O)C(CC(=O)O)NC(=O)C(N)Cc1ccccc1)C(=O)O. The van der Waals surface area contributed by atoms with Crippen molar-refractivity contribution in [2.24, 2.45) is 11.5 Å². The molecule has 0 radical (unpaired) electrons. The fraction of sp³-hybridized carbons (Fsp3) is 0.429. The highest BCUT2D eigenvalue weighted by Crippen LogP contribution is 2.04. The number of aliphatic carboxylic acids is 2. The van der Waals surface area contributed by atoms with E-state index in [2.05, 4.69) is 10.6 Å². The van der Waals surface area contributed by atoms with Crippen molar-refractivity contribution in [3.8, 4) is 0 Å². The molecule has 5 atom stereocenters. The van der Waals surface area contributed by atoms with Crippen LogP contribution < -0.4 is 27.4 Å². The van der Waals surface area contributed by atoms with Crippen LogP contribution in [0.2, 0.25) is 0 Å². The molecule has 0 fully saturated rings. The summed E-state index contributed by atoms with van der Waals surface area (Å²) >= 11 is 0. The smallest absolute Gasteiger partial charge is 0.328 e. The first kappa shape index (κ1) is 29.0. The second kappa shape index (κ2) is 13.6. The highest BCUT2D eigenvalue weighted by atomic mass is 16.4. The molecular weight excluding hydrogens is 466 g/mol. The van der Waals surface area contributed by atoms with Gasteiger partial charge in [0.1, 0.15) is 12.1 Å². The molecular formula is C21H29N5O9. The molecule has 0 aromatic heterocycles. The van der Waals surface area contributed by atoms with Gasteiger partial charge in [0.2, 0.25) is 23.6 Å². The van der Waals surface area contributed by atoms with Crippen LogP contribution in [0.25, 0.3) is 0 Å². The zero-order valence-corrected chi connectivity index (χ0v) is 18.8. The number of amides is 4. The summed E-state index contributed by atoms with van der Waals surface area (Å²) in [5.74, 6) is -7.26. The van der Waals surface area contributed by atoms with Gasteiger partial charge in [-0.15, -0.1) is 0 Å². The Hall–Kier alpha value is -4.04. The lowest BCUT2D eigenvalue weighted by Gasteiger charge is -2.24.